The number of rotatable bonds is 7. The van der Waals surface area contributed by atoms with Crippen LogP contribution in [0.4, 0.5) is 5.69 Å². The number of benzene rings is 8. The normalized spacial score (nSPS) is 12.4. The van der Waals surface area contributed by atoms with E-state index in [1.54, 1.807) is 0 Å². The number of hydrogen-bond acceptors (Lipinski definition) is 2. The highest BCUT2D eigenvalue weighted by atomic mass is 16.5. The van der Waals surface area contributed by atoms with Gasteiger partial charge < -0.3 is 4.74 Å². The summed E-state index contributed by atoms with van der Waals surface area (Å²) < 4.78 is 6.97. The van der Waals surface area contributed by atoms with E-state index >= 15 is 0 Å². The van der Waals surface area contributed by atoms with Gasteiger partial charge in [0, 0.05) is 27.8 Å². The molecule has 0 unspecified atom stereocenters. The Morgan fingerprint density at radius 2 is 0.914 bits per heavy atom. The number of ether oxygens (including phenoxy) is 1. The van der Waals surface area contributed by atoms with E-state index in [2.05, 4.69) is 181 Å². The minimum Gasteiger partial charge on any atom is -0.456 e. The first-order valence-corrected chi connectivity index (χ1v) is 19.5. The van der Waals surface area contributed by atoms with Crippen molar-refractivity contribution in [1.82, 2.24) is 4.98 Å². The molecule has 0 amide bonds. The van der Waals surface area contributed by atoms with E-state index in [1.807, 2.05) is 42.5 Å². The quantitative estimate of drug-likeness (QED) is 0.152. The van der Waals surface area contributed by atoms with E-state index in [1.165, 1.54) is 11.1 Å². The molecule has 0 radical (unpaired) electrons. The van der Waals surface area contributed by atoms with Gasteiger partial charge in [-0.1, -0.05) is 188 Å². The van der Waals surface area contributed by atoms with Crippen LogP contribution in [0.3, 0.4) is 0 Å². The third kappa shape index (κ3) is 6.05. The molecule has 272 valence electrons. The highest BCUT2D eigenvalue weighted by Crippen LogP contribution is 2.57. The second-order valence-corrected chi connectivity index (χ2v) is 14.6. The number of hydrogen-bond donors (Lipinski definition) is 0. The molecular formula is C55H36N2O. The summed E-state index contributed by atoms with van der Waals surface area (Å²) in [6, 6.07) is 76.3. The minimum atomic E-state index is -0.589. The molecule has 2 heterocycles. The first-order valence-electron chi connectivity index (χ1n) is 19.5. The molecule has 0 aliphatic carbocycles. The third-order valence-corrected chi connectivity index (χ3v) is 11.2. The highest BCUT2D eigenvalue weighted by molar-refractivity contribution is 5.84. The predicted octanol–water partition coefficient (Wildman–Crippen LogP) is 14.5. The lowest BCUT2D eigenvalue weighted by molar-refractivity contribution is 0.436. The maximum absolute atomic E-state index is 7.42. The van der Waals surface area contributed by atoms with Crippen LogP contribution in [0.1, 0.15) is 22.3 Å². The van der Waals surface area contributed by atoms with Crippen molar-refractivity contribution < 1.29 is 4.74 Å². The first-order chi connectivity index (χ1) is 28.7. The zero-order valence-corrected chi connectivity index (χ0v) is 31.6. The molecule has 10 rings (SSSR count). The van der Waals surface area contributed by atoms with Gasteiger partial charge >= 0.3 is 0 Å². The molecule has 0 bridgehead atoms. The summed E-state index contributed by atoms with van der Waals surface area (Å²) in [6.45, 7) is 7.42. The van der Waals surface area contributed by atoms with Gasteiger partial charge in [0.25, 0.3) is 0 Å². The summed E-state index contributed by atoms with van der Waals surface area (Å²) in [4.78, 5) is 8.79. The first kappa shape index (κ1) is 34.7. The lowest BCUT2D eigenvalue weighted by Crippen LogP contribution is -2.34. The van der Waals surface area contributed by atoms with E-state index in [0.717, 1.165) is 78.5 Å². The summed E-state index contributed by atoms with van der Waals surface area (Å²) in [5.74, 6) is 1.71. The van der Waals surface area contributed by atoms with Gasteiger partial charge in [0.2, 0.25) is 0 Å². The lowest BCUT2D eigenvalue weighted by atomic mass is 9.63. The molecule has 9 aromatic rings. The molecule has 0 fully saturated rings. The van der Waals surface area contributed by atoms with Crippen LogP contribution in [0.2, 0.25) is 0 Å². The van der Waals surface area contributed by atoms with Gasteiger partial charge in [-0.25, -0.2) is 9.83 Å². The van der Waals surface area contributed by atoms with Crippen molar-refractivity contribution in [1.29, 1.82) is 0 Å². The van der Waals surface area contributed by atoms with Crippen molar-refractivity contribution in [2.45, 2.75) is 5.41 Å². The fourth-order valence-corrected chi connectivity index (χ4v) is 8.51. The molecule has 0 N–H and O–H groups in total. The maximum atomic E-state index is 7.42. The molecule has 0 saturated heterocycles. The molecule has 3 heteroatoms. The van der Waals surface area contributed by atoms with Gasteiger partial charge in [0.15, 0.2) is 5.69 Å². The fourth-order valence-electron chi connectivity index (χ4n) is 8.51. The smallest absolute Gasteiger partial charge is 0.187 e. The summed E-state index contributed by atoms with van der Waals surface area (Å²) in [5, 5.41) is 0. The molecule has 8 aromatic carbocycles. The van der Waals surface area contributed by atoms with E-state index in [0.29, 0.717) is 5.69 Å². The van der Waals surface area contributed by atoms with Crippen molar-refractivity contribution in [3.63, 3.8) is 0 Å². The summed E-state index contributed by atoms with van der Waals surface area (Å²) in [7, 11) is 0. The molecule has 58 heavy (non-hydrogen) atoms. The van der Waals surface area contributed by atoms with E-state index in [9.17, 15) is 0 Å². The van der Waals surface area contributed by atoms with Crippen LogP contribution in [-0.2, 0) is 5.41 Å². The zero-order chi connectivity index (χ0) is 38.9. The van der Waals surface area contributed by atoms with Crippen LogP contribution in [-0.4, -0.2) is 4.98 Å². The largest absolute Gasteiger partial charge is 0.456 e. The molecular weight excluding hydrogens is 705 g/mol. The summed E-state index contributed by atoms with van der Waals surface area (Å²) in [6.07, 6.45) is 0. The second-order valence-electron chi connectivity index (χ2n) is 14.6. The van der Waals surface area contributed by atoms with Gasteiger partial charge in [-0.05, 0) is 69.3 Å². The van der Waals surface area contributed by atoms with Crippen LogP contribution in [0.15, 0.2) is 218 Å². The highest BCUT2D eigenvalue weighted by Gasteiger charge is 2.45. The zero-order valence-electron chi connectivity index (χ0n) is 31.6. The van der Waals surface area contributed by atoms with Gasteiger partial charge in [0.05, 0.1) is 23.4 Å². The van der Waals surface area contributed by atoms with Gasteiger partial charge in [-0.3, -0.25) is 0 Å². The van der Waals surface area contributed by atoms with Crippen molar-refractivity contribution in [2.24, 2.45) is 0 Å². The second kappa shape index (κ2) is 14.7. The Labute approximate surface area is 339 Å². The Balaban J connectivity index is 1.09. The van der Waals surface area contributed by atoms with Crippen LogP contribution >= 0.6 is 0 Å². The Bertz CT molecular complexity index is 2930. The van der Waals surface area contributed by atoms with Crippen LogP contribution in [0, 0.1) is 6.57 Å². The molecule has 1 aromatic heterocycles. The van der Waals surface area contributed by atoms with Crippen LogP contribution in [0.5, 0.6) is 11.5 Å². The third-order valence-electron chi connectivity index (χ3n) is 11.2. The van der Waals surface area contributed by atoms with Crippen molar-refractivity contribution in [3.05, 3.63) is 252 Å². The monoisotopic (exact) mass is 740 g/mol. The van der Waals surface area contributed by atoms with Gasteiger partial charge in [-0.15, -0.1) is 0 Å². The van der Waals surface area contributed by atoms with Crippen molar-refractivity contribution >= 4 is 5.69 Å². The van der Waals surface area contributed by atoms with Crippen LogP contribution < -0.4 is 4.74 Å². The topological polar surface area (TPSA) is 26.5 Å². The van der Waals surface area contributed by atoms with Gasteiger partial charge in [0.1, 0.15) is 11.5 Å². The number of pyridine rings is 1. The van der Waals surface area contributed by atoms with Crippen molar-refractivity contribution in [3.8, 4) is 67.4 Å². The summed E-state index contributed by atoms with van der Waals surface area (Å²) >= 11 is 0. The Hall–Kier alpha value is -7.80. The Morgan fingerprint density at radius 1 is 0.397 bits per heavy atom. The number of para-hydroxylation sites is 2. The van der Waals surface area contributed by atoms with Gasteiger partial charge in [-0.2, -0.15) is 0 Å². The molecule has 3 nitrogen and oxygen atoms in total. The molecule has 0 saturated carbocycles. The average Bonchev–Trinajstić information content (AvgIpc) is 3.31. The SMILES string of the molecule is [C-]#[N+]c1ccc(-c2cc(-c3ccccc3)nc(-c3cccc(-c4cccc(-c5cccc6c5Oc5ccccc5C6(c5ccccc5)c5ccccc5)c4)c3)c2)cc1. The fraction of sp³-hybridized carbons (Fsp3) is 0.0182. The number of fused-ring (bicyclic) bond motifs is 2. The standard InChI is InChI=1S/C55H36N2O/c1-56-47-32-30-38(31-33-47)44-36-51(39-16-5-2-6-17-39)57-52(37-44)43-21-14-19-41(35-43)40-18-13-20-42(34-40)48-26-15-28-50-54(48)58-53-29-12-11-27-49(53)55(50,45-22-7-3-8-23-45)46-24-9-4-10-25-46/h2-37H. The number of nitrogens with zero attached hydrogens (tertiary/aromatic N) is 2. The molecule has 0 spiro atoms. The molecule has 1 aliphatic rings. The maximum Gasteiger partial charge on any atom is 0.187 e. The lowest BCUT2D eigenvalue weighted by Gasteiger charge is -2.42. The van der Waals surface area contributed by atoms with Crippen molar-refractivity contribution in [2.75, 3.05) is 0 Å². The minimum absolute atomic E-state index is 0.589. The van der Waals surface area contributed by atoms with E-state index in [4.69, 9.17) is 16.3 Å². The van der Waals surface area contributed by atoms with E-state index in [-0.39, 0.29) is 0 Å². The summed E-state index contributed by atoms with van der Waals surface area (Å²) in [5.41, 5.74) is 14.9. The van der Waals surface area contributed by atoms with Crippen LogP contribution in [0.25, 0.3) is 60.7 Å². The Morgan fingerprint density at radius 3 is 1.59 bits per heavy atom. The average molecular weight is 741 g/mol. The predicted molar refractivity (Wildman–Crippen MR) is 236 cm³/mol. The van der Waals surface area contributed by atoms with E-state index < -0.39 is 5.41 Å². The molecule has 0 atom stereocenters. The Kier molecular flexibility index (Phi) is 8.78. The number of aromatic nitrogens is 1. The molecule has 1 aliphatic heterocycles.